The second-order valence-corrected chi connectivity index (χ2v) is 15.6. The summed E-state index contributed by atoms with van der Waals surface area (Å²) in [5.74, 6) is 3.03. The number of hydrogen-bond donors (Lipinski definition) is 0. The van der Waals surface area contributed by atoms with Crippen LogP contribution in [0.5, 0.6) is 11.5 Å². The maximum Gasteiger partial charge on any atom is 0.170 e. The highest BCUT2D eigenvalue weighted by Gasteiger charge is 2.33. The van der Waals surface area contributed by atoms with Crippen LogP contribution in [0.1, 0.15) is 0 Å². The first-order valence-electron chi connectivity index (χ1n) is 20.8. The van der Waals surface area contributed by atoms with Crippen LogP contribution in [0.4, 0.5) is 0 Å². The van der Waals surface area contributed by atoms with Gasteiger partial charge in [-0.05, 0) is 89.0 Å². The van der Waals surface area contributed by atoms with Crippen molar-refractivity contribution in [2.24, 2.45) is 0 Å². The van der Waals surface area contributed by atoms with Gasteiger partial charge in [0, 0.05) is 68.9 Å². The predicted molar refractivity (Wildman–Crippen MR) is 248 cm³/mol. The summed E-state index contributed by atoms with van der Waals surface area (Å²) < 4.78 is 20.2. The minimum atomic E-state index is -0.278. The fourth-order valence-electron chi connectivity index (χ4n) is 8.55. The van der Waals surface area contributed by atoms with Crippen molar-refractivity contribution in [1.82, 2.24) is 24.9 Å². The van der Waals surface area contributed by atoms with E-state index in [0.717, 1.165) is 83.1 Å². The molecule has 5 heterocycles. The lowest BCUT2D eigenvalue weighted by Crippen LogP contribution is -2.38. The Balaban J connectivity index is 0.974. The van der Waals surface area contributed by atoms with Crippen LogP contribution >= 0.6 is 0 Å². The molecule has 6 aromatic carbocycles. The summed E-state index contributed by atoms with van der Waals surface area (Å²) in [4.78, 5) is 24.0. The molecule has 0 bridgehead atoms. The van der Waals surface area contributed by atoms with Crippen molar-refractivity contribution in [3.63, 3.8) is 0 Å². The number of allylic oxidation sites excluding steroid dienone is 2. The SMILES string of the molecule is C1=CC2Oc3c(-c4ccc(-c5nc(-c6ccccc6)nc(-c6cccc7c6oc6ccccc67)n5)cc4)ccc(-c4cc(-c5cccnc5)cc(-c5cccnc5)c4)c3OC2C=C1. The zero-order valence-electron chi connectivity index (χ0n) is 33.7. The van der Waals surface area contributed by atoms with E-state index in [2.05, 4.69) is 88.8 Å². The number of furan rings is 1. The topological polar surface area (TPSA) is 96.1 Å². The first-order chi connectivity index (χ1) is 31.2. The molecule has 2 unspecified atom stereocenters. The smallest absolute Gasteiger partial charge is 0.170 e. The molecule has 12 rings (SSSR count). The van der Waals surface area contributed by atoms with Crippen molar-refractivity contribution in [2.75, 3.05) is 0 Å². The third-order valence-corrected chi connectivity index (χ3v) is 11.7. The molecule has 0 fully saturated rings. The Labute approximate surface area is 362 Å². The highest BCUT2D eigenvalue weighted by atomic mass is 16.6. The van der Waals surface area contributed by atoms with Gasteiger partial charge in [0.1, 0.15) is 11.2 Å². The second-order valence-electron chi connectivity index (χ2n) is 15.6. The molecule has 4 aromatic heterocycles. The zero-order valence-corrected chi connectivity index (χ0v) is 33.7. The van der Waals surface area contributed by atoms with Gasteiger partial charge >= 0.3 is 0 Å². The zero-order chi connectivity index (χ0) is 41.7. The van der Waals surface area contributed by atoms with Crippen molar-refractivity contribution in [2.45, 2.75) is 12.2 Å². The second kappa shape index (κ2) is 15.2. The molecule has 0 radical (unpaired) electrons. The van der Waals surface area contributed by atoms with Gasteiger partial charge in [-0.15, -0.1) is 0 Å². The average molecular weight is 814 g/mol. The number of benzene rings is 6. The number of nitrogens with zero attached hydrogens (tertiary/aromatic N) is 5. The van der Waals surface area contributed by atoms with Gasteiger partial charge in [-0.2, -0.15) is 0 Å². The lowest BCUT2D eigenvalue weighted by molar-refractivity contribution is 0.0769. The van der Waals surface area contributed by atoms with Crippen LogP contribution in [0, 0.1) is 0 Å². The number of para-hydroxylation sites is 2. The van der Waals surface area contributed by atoms with Gasteiger partial charge in [-0.25, -0.2) is 15.0 Å². The van der Waals surface area contributed by atoms with Crippen LogP contribution in [0.15, 0.2) is 205 Å². The number of fused-ring (bicyclic) bond motifs is 5. The summed E-state index contributed by atoms with van der Waals surface area (Å²) in [6, 6.07) is 51.3. The van der Waals surface area contributed by atoms with E-state index in [9.17, 15) is 0 Å². The van der Waals surface area contributed by atoms with Crippen LogP contribution in [-0.2, 0) is 0 Å². The van der Waals surface area contributed by atoms with Gasteiger partial charge in [0.2, 0.25) is 0 Å². The molecule has 0 saturated heterocycles. The van der Waals surface area contributed by atoms with Crippen molar-refractivity contribution >= 4 is 21.9 Å². The Morgan fingerprint density at radius 1 is 0.381 bits per heavy atom. The van der Waals surface area contributed by atoms with Gasteiger partial charge in [-0.1, -0.05) is 109 Å². The minimum Gasteiger partial charge on any atom is -0.478 e. The van der Waals surface area contributed by atoms with Crippen LogP contribution in [0.2, 0.25) is 0 Å². The molecule has 8 nitrogen and oxygen atoms in total. The molecule has 63 heavy (non-hydrogen) atoms. The van der Waals surface area contributed by atoms with Crippen molar-refractivity contribution in [1.29, 1.82) is 0 Å². The Bertz CT molecular complexity index is 3350. The molecular formula is C55H35N5O3. The Morgan fingerprint density at radius 3 is 1.57 bits per heavy atom. The minimum absolute atomic E-state index is 0.277. The molecular weight excluding hydrogens is 779 g/mol. The van der Waals surface area contributed by atoms with E-state index in [1.165, 1.54) is 0 Å². The van der Waals surface area contributed by atoms with Gasteiger partial charge in [0.05, 0.1) is 5.56 Å². The highest BCUT2D eigenvalue weighted by Crippen LogP contribution is 2.50. The molecule has 2 aliphatic rings. The van der Waals surface area contributed by atoms with E-state index in [0.29, 0.717) is 29.0 Å². The monoisotopic (exact) mass is 813 g/mol. The lowest BCUT2D eigenvalue weighted by atomic mass is 9.91. The molecule has 0 spiro atoms. The normalized spacial score (nSPS) is 15.1. The van der Waals surface area contributed by atoms with Gasteiger partial charge < -0.3 is 13.9 Å². The van der Waals surface area contributed by atoms with Gasteiger partial charge in [0.25, 0.3) is 0 Å². The molecule has 0 N–H and O–H groups in total. The first kappa shape index (κ1) is 36.4. The molecule has 8 heteroatoms. The summed E-state index contributed by atoms with van der Waals surface area (Å²) in [6.07, 6.45) is 14.9. The summed E-state index contributed by atoms with van der Waals surface area (Å²) in [5, 5.41) is 2.06. The predicted octanol–water partition coefficient (Wildman–Crippen LogP) is 12.9. The van der Waals surface area contributed by atoms with Gasteiger partial charge in [-0.3, -0.25) is 9.97 Å². The average Bonchev–Trinajstić information content (AvgIpc) is 3.75. The van der Waals surface area contributed by atoms with Crippen molar-refractivity contribution < 1.29 is 13.9 Å². The van der Waals surface area contributed by atoms with E-state index in [1.54, 1.807) is 12.4 Å². The lowest BCUT2D eigenvalue weighted by Gasteiger charge is -2.34. The number of aromatic nitrogens is 5. The largest absolute Gasteiger partial charge is 0.478 e. The Kier molecular flexibility index (Phi) is 8.78. The fourth-order valence-corrected chi connectivity index (χ4v) is 8.55. The molecule has 0 saturated carbocycles. The standard InChI is InChI=1S/C55H35N5O3/c1-2-11-35(12-3-1)53-58-54(60-55(59-53)46-17-8-16-45-44-15-4-5-18-47(44)61-50(45)46)36-23-21-34(22-24-36)42-25-26-43(52-51(42)62-48-19-6-7-20-49(48)63-52)41-30-39(37-13-9-27-56-32-37)29-40(31-41)38-14-10-28-57-33-38/h1-33,48-49H. The van der Waals surface area contributed by atoms with E-state index in [1.807, 2.05) is 109 Å². The number of hydrogen-bond acceptors (Lipinski definition) is 8. The van der Waals surface area contributed by atoms with Crippen LogP contribution in [0.25, 0.3) is 101 Å². The maximum absolute atomic E-state index is 6.91. The van der Waals surface area contributed by atoms with E-state index in [-0.39, 0.29) is 12.2 Å². The van der Waals surface area contributed by atoms with Crippen molar-refractivity contribution in [3.8, 4) is 90.2 Å². The summed E-state index contributed by atoms with van der Waals surface area (Å²) >= 11 is 0. The Morgan fingerprint density at radius 2 is 0.921 bits per heavy atom. The summed E-state index contributed by atoms with van der Waals surface area (Å²) in [6.45, 7) is 0. The van der Waals surface area contributed by atoms with Gasteiger partial charge in [0.15, 0.2) is 41.2 Å². The molecule has 1 aliphatic carbocycles. The highest BCUT2D eigenvalue weighted by molar-refractivity contribution is 6.09. The molecule has 0 amide bonds. The molecule has 298 valence electrons. The number of ether oxygens (including phenoxy) is 2. The van der Waals surface area contributed by atoms with E-state index >= 15 is 0 Å². The third kappa shape index (κ3) is 6.61. The molecule has 10 aromatic rings. The summed E-state index contributed by atoms with van der Waals surface area (Å²) in [5.41, 5.74) is 12.0. The van der Waals surface area contributed by atoms with E-state index < -0.39 is 0 Å². The quantitative estimate of drug-likeness (QED) is 0.157. The molecule has 1 aliphatic heterocycles. The van der Waals surface area contributed by atoms with Crippen LogP contribution < -0.4 is 9.47 Å². The Hall–Kier alpha value is -8.49. The third-order valence-electron chi connectivity index (χ3n) is 11.7. The number of pyridine rings is 2. The number of rotatable bonds is 7. The van der Waals surface area contributed by atoms with Crippen molar-refractivity contribution in [3.05, 3.63) is 201 Å². The maximum atomic E-state index is 6.91. The molecule has 2 atom stereocenters. The fraction of sp³-hybridized carbons (Fsp3) is 0.0364. The van der Waals surface area contributed by atoms with Crippen LogP contribution in [-0.4, -0.2) is 37.1 Å². The first-order valence-corrected chi connectivity index (χ1v) is 20.8. The summed E-state index contributed by atoms with van der Waals surface area (Å²) in [7, 11) is 0. The van der Waals surface area contributed by atoms with Crippen LogP contribution in [0.3, 0.4) is 0 Å². The van der Waals surface area contributed by atoms with E-state index in [4.69, 9.17) is 28.8 Å².